The Hall–Kier alpha value is -1.40. The van der Waals surface area contributed by atoms with Crippen molar-refractivity contribution in [1.29, 1.82) is 0 Å². The fraction of sp³-hybridized carbons (Fsp3) is 0.667. The van der Waals surface area contributed by atoms with Crippen LogP contribution in [0.5, 0.6) is 0 Å². The molecular weight excluding hydrogens is 232 g/mol. The molecule has 1 aliphatic heterocycles. The largest absolute Gasteiger partial charge is 0.384 e. The summed E-state index contributed by atoms with van der Waals surface area (Å²) in [4.78, 5) is 8.49. The quantitative estimate of drug-likeness (QED) is 0.837. The summed E-state index contributed by atoms with van der Waals surface area (Å²) in [5.41, 5.74) is 5.67. The van der Waals surface area contributed by atoms with Gasteiger partial charge in [-0.05, 0) is 19.8 Å². The van der Waals surface area contributed by atoms with Crippen LogP contribution >= 0.6 is 0 Å². The number of methoxy groups -OCH3 is 1. The zero-order valence-electron chi connectivity index (χ0n) is 10.9. The SMILES string of the molecule is COCc1nc(N)cc(NC2(C)CCCOC2)n1. The van der Waals surface area contributed by atoms with Gasteiger partial charge >= 0.3 is 0 Å². The highest BCUT2D eigenvalue weighted by atomic mass is 16.5. The molecule has 1 aromatic heterocycles. The summed E-state index contributed by atoms with van der Waals surface area (Å²) >= 11 is 0. The van der Waals surface area contributed by atoms with Crippen molar-refractivity contribution in [1.82, 2.24) is 9.97 Å². The predicted octanol–water partition coefficient (Wildman–Crippen LogP) is 1.19. The molecular formula is C12H20N4O2. The maximum atomic E-state index is 5.76. The Balaban J connectivity index is 2.12. The number of anilines is 2. The topological polar surface area (TPSA) is 82.3 Å². The van der Waals surface area contributed by atoms with Crippen LogP contribution in [0, 0.1) is 0 Å². The number of hydrogen-bond acceptors (Lipinski definition) is 6. The van der Waals surface area contributed by atoms with Gasteiger partial charge in [0, 0.05) is 19.8 Å². The molecule has 1 saturated heterocycles. The van der Waals surface area contributed by atoms with Gasteiger partial charge in [0.15, 0.2) is 5.82 Å². The molecule has 0 bridgehead atoms. The molecule has 0 spiro atoms. The van der Waals surface area contributed by atoms with Crippen LogP contribution in [-0.4, -0.2) is 35.8 Å². The zero-order chi connectivity index (χ0) is 13.0. The predicted molar refractivity (Wildman–Crippen MR) is 69.2 cm³/mol. The summed E-state index contributed by atoms with van der Waals surface area (Å²) in [6.45, 7) is 3.99. The number of aromatic nitrogens is 2. The maximum absolute atomic E-state index is 5.76. The van der Waals surface area contributed by atoms with E-state index in [9.17, 15) is 0 Å². The normalized spacial score (nSPS) is 23.9. The van der Waals surface area contributed by atoms with E-state index in [0.717, 1.165) is 25.3 Å². The molecule has 0 saturated carbocycles. The van der Waals surface area contributed by atoms with Gasteiger partial charge in [0.05, 0.1) is 12.1 Å². The van der Waals surface area contributed by atoms with Gasteiger partial charge < -0.3 is 20.5 Å². The van der Waals surface area contributed by atoms with E-state index in [-0.39, 0.29) is 5.54 Å². The van der Waals surface area contributed by atoms with Crippen LogP contribution in [0.15, 0.2) is 6.07 Å². The fourth-order valence-corrected chi connectivity index (χ4v) is 2.12. The van der Waals surface area contributed by atoms with Crippen LogP contribution in [0.1, 0.15) is 25.6 Å². The van der Waals surface area contributed by atoms with Crippen LogP contribution in [0.4, 0.5) is 11.6 Å². The molecule has 1 aromatic rings. The molecule has 2 rings (SSSR count). The number of rotatable bonds is 4. The van der Waals surface area contributed by atoms with Crippen LogP contribution in [0.2, 0.25) is 0 Å². The van der Waals surface area contributed by atoms with Crippen molar-refractivity contribution in [2.24, 2.45) is 0 Å². The fourth-order valence-electron chi connectivity index (χ4n) is 2.12. The highest BCUT2D eigenvalue weighted by Crippen LogP contribution is 2.23. The molecule has 2 heterocycles. The van der Waals surface area contributed by atoms with E-state index in [2.05, 4.69) is 22.2 Å². The summed E-state index contributed by atoms with van der Waals surface area (Å²) in [6.07, 6.45) is 2.10. The third kappa shape index (κ3) is 3.30. The van der Waals surface area contributed by atoms with Crippen molar-refractivity contribution in [2.45, 2.75) is 31.9 Å². The first-order valence-electron chi connectivity index (χ1n) is 6.10. The molecule has 0 radical (unpaired) electrons. The van der Waals surface area contributed by atoms with Gasteiger partial charge in [0.25, 0.3) is 0 Å². The van der Waals surface area contributed by atoms with E-state index >= 15 is 0 Å². The number of nitrogens with one attached hydrogen (secondary N) is 1. The number of hydrogen-bond donors (Lipinski definition) is 2. The summed E-state index contributed by atoms with van der Waals surface area (Å²) in [5.74, 6) is 1.75. The summed E-state index contributed by atoms with van der Waals surface area (Å²) in [5, 5.41) is 3.39. The summed E-state index contributed by atoms with van der Waals surface area (Å²) in [6, 6.07) is 1.74. The van der Waals surface area contributed by atoms with Crippen molar-refractivity contribution < 1.29 is 9.47 Å². The Morgan fingerprint density at radius 3 is 3.06 bits per heavy atom. The minimum Gasteiger partial charge on any atom is -0.384 e. The van der Waals surface area contributed by atoms with Crippen LogP contribution in [0.25, 0.3) is 0 Å². The Morgan fingerprint density at radius 2 is 2.39 bits per heavy atom. The van der Waals surface area contributed by atoms with Gasteiger partial charge in [-0.15, -0.1) is 0 Å². The monoisotopic (exact) mass is 252 g/mol. The van der Waals surface area contributed by atoms with Gasteiger partial charge in [-0.3, -0.25) is 0 Å². The molecule has 0 aromatic carbocycles. The Labute approximate surface area is 107 Å². The molecule has 6 heteroatoms. The van der Waals surface area contributed by atoms with E-state index in [1.54, 1.807) is 13.2 Å². The van der Waals surface area contributed by atoms with E-state index in [1.807, 2.05) is 0 Å². The molecule has 18 heavy (non-hydrogen) atoms. The lowest BCUT2D eigenvalue weighted by atomic mass is 9.95. The molecule has 1 aliphatic rings. The molecule has 1 fully saturated rings. The number of nitrogens with two attached hydrogens (primary N) is 1. The number of nitrogen functional groups attached to an aromatic ring is 1. The van der Waals surface area contributed by atoms with Crippen LogP contribution < -0.4 is 11.1 Å². The lowest BCUT2D eigenvalue weighted by molar-refractivity contribution is 0.0538. The van der Waals surface area contributed by atoms with Gasteiger partial charge in [0.1, 0.15) is 18.2 Å². The first-order chi connectivity index (χ1) is 8.61. The van der Waals surface area contributed by atoms with Crippen molar-refractivity contribution in [3.8, 4) is 0 Å². The minimum atomic E-state index is -0.0939. The zero-order valence-corrected chi connectivity index (χ0v) is 10.9. The second-order valence-corrected chi connectivity index (χ2v) is 4.87. The lowest BCUT2D eigenvalue weighted by Gasteiger charge is -2.34. The second-order valence-electron chi connectivity index (χ2n) is 4.87. The van der Waals surface area contributed by atoms with E-state index in [1.165, 1.54) is 0 Å². The summed E-state index contributed by atoms with van der Waals surface area (Å²) < 4.78 is 10.5. The maximum Gasteiger partial charge on any atom is 0.158 e. The Bertz CT molecular complexity index is 405. The van der Waals surface area contributed by atoms with Gasteiger partial charge in [-0.1, -0.05) is 0 Å². The number of ether oxygens (including phenoxy) is 2. The second kappa shape index (κ2) is 5.49. The van der Waals surface area contributed by atoms with Crippen molar-refractivity contribution in [2.75, 3.05) is 31.4 Å². The van der Waals surface area contributed by atoms with E-state index in [4.69, 9.17) is 15.2 Å². The highest BCUT2D eigenvalue weighted by Gasteiger charge is 2.27. The van der Waals surface area contributed by atoms with Crippen molar-refractivity contribution in [3.63, 3.8) is 0 Å². The third-order valence-corrected chi connectivity index (χ3v) is 2.93. The Kier molecular flexibility index (Phi) is 3.98. The molecule has 3 N–H and O–H groups in total. The molecule has 0 aliphatic carbocycles. The van der Waals surface area contributed by atoms with E-state index < -0.39 is 0 Å². The first kappa shape index (κ1) is 13.0. The molecule has 0 amide bonds. The third-order valence-electron chi connectivity index (χ3n) is 2.93. The molecule has 6 nitrogen and oxygen atoms in total. The highest BCUT2D eigenvalue weighted by molar-refractivity contribution is 5.46. The standard InChI is InChI=1S/C12H20N4O2/c1-12(4-3-5-18-8-12)16-10-6-9(13)14-11(15-10)7-17-2/h6H,3-5,7-8H2,1-2H3,(H3,13,14,15,16). The smallest absolute Gasteiger partial charge is 0.158 e. The van der Waals surface area contributed by atoms with Gasteiger partial charge in [-0.25, -0.2) is 9.97 Å². The molecule has 1 unspecified atom stereocenters. The van der Waals surface area contributed by atoms with Crippen LogP contribution in [0.3, 0.4) is 0 Å². The van der Waals surface area contributed by atoms with E-state index in [0.29, 0.717) is 24.9 Å². The first-order valence-corrected chi connectivity index (χ1v) is 6.10. The van der Waals surface area contributed by atoms with Crippen LogP contribution in [-0.2, 0) is 16.1 Å². The molecule has 1 atom stereocenters. The minimum absolute atomic E-state index is 0.0939. The average Bonchev–Trinajstić information content (AvgIpc) is 2.28. The Morgan fingerprint density at radius 1 is 1.56 bits per heavy atom. The van der Waals surface area contributed by atoms with Gasteiger partial charge in [0.2, 0.25) is 0 Å². The lowest BCUT2D eigenvalue weighted by Crippen LogP contribution is -2.43. The average molecular weight is 252 g/mol. The van der Waals surface area contributed by atoms with Gasteiger partial charge in [-0.2, -0.15) is 0 Å². The van der Waals surface area contributed by atoms with Crippen molar-refractivity contribution >= 4 is 11.6 Å². The molecule has 100 valence electrons. The number of nitrogens with zero attached hydrogens (tertiary/aromatic N) is 2. The summed E-state index contributed by atoms with van der Waals surface area (Å²) in [7, 11) is 1.61. The van der Waals surface area contributed by atoms with Crippen molar-refractivity contribution in [3.05, 3.63) is 11.9 Å².